The van der Waals surface area contributed by atoms with E-state index >= 15 is 0 Å². The molecule has 42 heavy (non-hydrogen) atoms. The molecule has 0 aliphatic carbocycles. The number of carbonyl (C=O) groups is 3. The molecule has 0 atom stereocenters. The number of nitrogen functional groups attached to an aromatic ring is 2. The molecule has 2 aromatic rings. The monoisotopic (exact) mass is 590 g/mol. The van der Waals surface area contributed by atoms with Crippen molar-refractivity contribution in [3.8, 4) is 0 Å². The Morgan fingerprint density at radius 2 is 1.38 bits per heavy atom. The average Bonchev–Trinajstić information content (AvgIpc) is 2.96. The Morgan fingerprint density at radius 1 is 0.881 bits per heavy atom. The van der Waals surface area contributed by atoms with Gasteiger partial charge < -0.3 is 26.3 Å². The van der Waals surface area contributed by atoms with E-state index in [4.69, 9.17) is 20.9 Å². The third-order valence-corrected chi connectivity index (χ3v) is 6.52. The number of likely N-dealkylation sites (tertiary alicyclic amines) is 1. The van der Waals surface area contributed by atoms with E-state index in [0.717, 1.165) is 69.7 Å². The number of ether oxygens (including phenoxy) is 2. The first-order chi connectivity index (χ1) is 18.9. The standard InChI is InChI=1S/C14H21N3O2.C8H15NO2.C6H6N2O.3CH4/c1-2-19-14(18)11-4-7-17(8-5-11)10-12-3-6-16-9-13(12)15;1-2-11-8(10)7-3-5-9-6-4-7;7-6-3-8-2-1-5(6)4-9;;;/h3,6,9,11H,2,4-5,7-8,10,15H2,1H3;7,9H,2-6H2,1H3;1-4H,7H2;3*1H4. The third-order valence-electron chi connectivity index (χ3n) is 6.52. The Hall–Kier alpha value is -3.57. The molecule has 2 saturated heterocycles. The minimum Gasteiger partial charge on any atom is -0.466 e. The smallest absolute Gasteiger partial charge is 0.309 e. The van der Waals surface area contributed by atoms with Crippen molar-refractivity contribution in [2.45, 2.75) is 68.4 Å². The molecule has 11 heteroatoms. The van der Waals surface area contributed by atoms with Gasteiger partial charge in [0, 0.05) is 24.5 Å². The first-order valence-corrected chi connectivity index (χ1v) is 13.5. The number of nitrogens with zero attached hydrogens (tertiary/aromatic N) is 3. The second-order valence-corrected chi connectivity index (χ2v) is 9.28. The number of esters is 2. The molecule has 2 aliphatic rings. The molecular formula is C31H54N6O5. The number of hydrogen-bond acceptors (Lipinski definition) is 11. The molecule has 238 valence electrons. The van der Waals surface area contributed by atoms with Crippen molar-refractivity contribution in [3.63, 3.8) is 0 Å². The molecule has 0 unspecified atom stereocenters. The second kappa shape index (κ2) is 23.0. The average molecular weight is 591 g/mol. The summed E-state index contributed by atoms with van der Waals surface area (Å²) in [6.07, 6.45) is 10.7. The van der Waals surface area contributed by atoms with Gasteiger partial charge in [0.05, 0.1) is 48.8 Å². The highest BCUT2D eigenvalue weighted by Gasteiger charge is 2.26. The number of piperidine rings is 2. The molecular weight excluding hydrogens is 536 g/mol. The molecule has 11 nitrogen and oxygen atoms in total. The van der Waals surface area contributed by atoms with Crippen LogP contribution in [-0.2, 0) is 25.6 Å². The zero-order valence-electron chi connectivity index (χ0n) is 23.0. The Morgan fingerprint density at radius 3 is 1.83 bits per heavy atom. The molecule has 2 aliphatic heterocycles. The summed E-state index contributed by atoms with van der Waals surface area (Å²) >= 11 is 0. The van der Waals surface area contributed by atoms with Gasteiger partial charge in [-0.25, -0.2) is 0 Å². The Balaban J connectivity index is 0. The molecule has 5 N–H and O–H groups in total. The number of pyridine rings is 2. The van der Waals surface area contributed by atoms with Gasteiger partial charge in [0.1, 0.15) is 0 Å². The molecule has 0 saturated carbocycles. The van der Waals surface area contributed by atoms with Crippen molar-refractivity contribution in [1.82, 2.24) is 20.2 Å². The van der Waals surface area contributed by atoms with Crippen molar-refractivity contribution in [3.05, 3.63) is 48.0 Å². The SMILES string of the molecule is C.C.C.CCOC(=O)C1CCN(Cc2ccncc2N)CC1.CCOC(=O)C1CCNCC1.Nc1cnccc1C=O. The zero-order valence-corrected chi connectivity index (χ0v) is 23.0. The van der Waals surface area contributed by atoms with E-state index in [9.17, 15) is 14.4 Å². The van der Waals surface area contributed by atoms with Gasteiger partial charge in [0.25, 0.3) is 0 Å². The van der Waals surface area contributed by atoms with Gasteiger partial charge in [-0.1, -0.05) is 22.3 Å². The van der Waals surface area contributed by atoms with Crippen LogP contribution >= 0.6 is 0 Å². The van der Waals surface area contributed by atoms with Crippen molar-refractivity contribution >= 4 is 29.6 Å². The van der Waals surface area contributed by atoms with Crippen LogP contribution in [-0.4, -0.2) is 72.5 Å². The fourth-order valence-electron chi connectivity index (χ4n) is 4.25. The third kappa shape index (κ3) is 14.4. The van der Waals surface area contributed by atoms with E-state index in [1.807, 2.05) is 19.9 Å². The van der Waals surface area contributed by atoms with Gasteiger partial charge >= 0.3 is 11.9 Å². The van der Waals surface area contributed by atoms with Crippen LogP contribution in [0.4, 0.5) is 11.4 Å². The van der Waals surface area contributed by atoms with E-state index in [-0.39, 0.29) is 46.1 Å². The maximum atomic E-state index is 11.6. The number of rotatable bonds is 7. The Labute approximate surface area is 252 Å². The lowest BCUT2D eigenvalue weighted by Crippen LogP contribution is -2.36. The largest absolute Gasteiger partial charge is 0.466 e. The molecule has 4 rings (SSSR count). The highest BCUT2D eigenvalue weighted by Crippen LogP contribution is 2.21. The van der Waals surface area contributed by atoms with Gasteiger partial charge in [-0.05, 0) is 83.4 Å². The number of aldehydes is 1. The van der Waals surface area contributed by atoms with Crippen molar-refractivity contribution in [2.75, 3.05) is 50.9 Å². The van der Waals surface area contributed by atoms with Crippen LogP contribution in [0.15, 0.2) is 36.9 Å². The van der Waals surface area contributed by atoms with Crippen molar-refractivity contribution < 1.29 is 23.9 Å². The van der Waals surface area contributed by atoms with Gasteiger partial charge in [0.2, 0.25) is 0 Å². The fraction of sp³-hybridized carbons (Fsp3) is 0.581. The van der Waals surface area contributed by atoms with Crippen LogP contribution in [0, 0.1) is 11.8 Å². The topological polar surface area (TPSA) is 163 Å². The summed E-state index contributed by atoms with van der Waals surface area (Å²) < 4.78 is 9.98. The molecule has 4 heterocycles. The van der Waals surface area contributed by atoms with E-state index in [1.165, 1.54) is 12.4 Å². The van der Waals surface area contributed by atoms with Crippen LogP contribution in [0.2, 0.25) is 0 Å². The summed E-state index contributed by atoms with van der Waals surface area (Å²) in [5.74, 6) is 0.141. The van der Waals surface area contributed by atoms with Crippen LogP contribution in [0.25, 0.3) is 0 Å². The lowest BCUT2D eigenvalue weighted by atomic mass is 9.96. The second-order valence-electron chi connectivity index (χ2n) is 9.28. The molecule has 0 spiro atoms. The number of anilines is 2. The lowest BCUT2D eigenvalue weighted by Gasteiger charge is -2.31. The van der Waals surface area contributed by atoms with Crippen molar-refractivity contribution in [2.24, 2.45) is 11.8 Å². The first kappa shape index (κ1) is 40.6. The predicted molar refractivity (Wildman–Crippen MR) is 170 cm³/mol. The minimum absolute atomic E-state index is 0. The number of carbonyl (C=O) groups excluding carboxylic acids is 3. The summed E-state index contributed by atoms with van der Waals surface area (Å²) in [5.41, 5.74) is 14.0. The van der Waals surface area contributed by atoms with Crippen LogP contribution in [0.5, 0.6) is 0 Å². The maximum Gasteiger partial charge on any atom is 0.309 e. The van der Waals surface area contributed by atoms with Crippen molar-refractivity contribution in [1.29, 1.82) is 0 Å². The quantitative estimate of drug-likeness (QED) is 0.310. The van der Waals surface area contributed by atoms with Crippen LogP contribution < -0.4 is 16.8 Å². The number of aromatic nitrogens is 2. The Bertz CT molecular complexity index is 1020. The van der Waals surface area contributed by atoms with E-state index in [2.05, 4.69) is 20.2 Å². The van der Waals surface area contributed by atoms with E-state index < -0.39 is 0 Å². The number of nitrogens with two attached hydrogens (primary N) is 2. The summed E-state index contributed by atoms with van der Waals surface area (Å²) in [5, 5.41) is 3.20. The Kier molecular flexibility index (Phi) is 22.3. The van der Waals surface area contributed by atoms with Gasteiger partial charge in [-0.15, -0.1) is 0 Å². The summed E-state index contributed by atoms with van der Waals surface area (Å²) in [4.78, 5) is 42.9. The van der Waals surface area contributed by atoms with Gasteiger partial charge in [-0.3, -0.25) is 29.3 Å². The first-order valence-electron chi connectivity index (χ1n) is 13.5. The predicted octanol–water partition coefficient (Wildman–Crippen LogP) is 4.37. The molecule has 0 radical (unpaired) electrons. The van der Waals surface area contributed by atoms with Gasteiger partial charge in [-0.2, -0.15) is 0 Å². The number of hydrogen-bond donors (Lipinski definition) is 3. The molecule has 2 aromatic heterocycles. The minimum atomic E-state index is -0.0504. The summed E-state index contributed by atoms with van der Waals surface area (Å²) in [6.45, 7) is 9.20. The van der Waals surface area contributed by atoms with Crippen LogP contribution in [0.1, 0.15) is 77.7 Å². The van der Waals surface area contributed by atoms with Crippen LogP contribution in [0.3, 0.4) is 0 Å². The zero-order chi connectivity index (χ0) is 28.5. The molecule has 0 amide bonds. The molecule has 2 fully saturated rings. The number of nitrogens with one attached hydrogen (secondary N) is 1. The maximum absolute atomic E-state index is 11.6. The normalized spacial score (nSPS) is 14.9. The molecule has 0 bridgehead atoms. The fourth-order valence-corrected chi connectivity index (χ4v) is 4.25. The van der Waals surface area contributed by atoms with Gasteiger partial charge in [0.15, 0.2) is 6.29 Å². The molecule has 0 aromatic carbocycles. The summed E-state index contributed by atoms with van der Waals surface area (Å²) in [6, 6.07) is 3.52. The highest BCUT2D eigenvalue weighted by atomic mass is 16.5. The highest BCUT2D eigenvalue weighted by molar-refractivity contribution is 5.82. The van der Waals surface area contributed by atoms with E-state index in [1.54, 1.807) is 18.5 Å². The van der Waals surface area contributed by atoms with E-state index in [0.29, 0.717) is 30.8 Å². The summed E-state index contributed by atoms with van der Waals surface area (Å²) in [7, 11) is 0. The lowest BCUT2D eigenvalue weighted by molar-refractivity contribution is -0.150.